The zero-order chi connectivity index (χ0) is 20.5. The van der Waals surface area contributed by atoms with E-state index in [-0.39, 0.29) is 18.6 Å². The summed E-state index contributed by atoms with van der Waals surface area (Å²) in [6.07, 6.45) is 0.856. The van der Waals surface area contributed by atoms with Crippen LogP contribution in [0.2, 0.25) is 5.02 Å². The normalized spacial score (nSPS) is 15.9. The summed E-state index contributed by atoms with van der Waals surface area (Å²) in [5.41, 5.74) is 1.89. The number of benzene rings is 1. The quantitative estimate of drug-likeness (QED) is 0.604. The molecule has 0 fully saturated rings. The molecule has 0 radical (unpaired) electrons. The number of nitrogens with one attached hydrogen (secondary N) is 1. The maximum Gasteiger partial charge on any atom is 0.262 e. The molecule has 6 nitrogen and oxygen atoms in total. The Kier molecular flexibility index (Phi) is 5.96. The van der Waals surface area contributed by atoms with Crippen LogP contribution >= 0.6 is 34.7 Å². The van der Waals surface area contributed by atoms with Gasteiger partial charge in [0.1, 0.15) is 11.4 Å². The van der Waals surface area contributed by atoms with Crippen molar-refractivity contribution in [1.82, 2.24) is 15.3 Å². The molecule has 1 aliphatic heterocycles. The second-order valence-electron chi connectivity index (χ2n) is 6.66. The van der Waals surface area contributed by atoms with E-state index >= 15 is 0 Å². The van der Waals surface area contributed by atoms with Crippen LogP contribution in [0.25, 0.3) is 10.2 Å². The predicted molar refractivity (Wildman–Crippen MR) is 116 cm³/mol. The van der Waals surface area contributed by atoms with Gasteiger partial charge in [0.15, 0.2) is 5.82 Å². The summed E-state index contributed by atoms with van der Waals surface area (Å²) in [5.74, 6) is 1.81. The maximum atomic E-state index is 13.2. The van der Waals surface area contributed by atoms with Crippen LogP contribution in [0.4, 0.5) is 0 Å². The molecule has 29 heavy (non-hydrogen) atoms. The molecule has 0 bridgehead atoms. The maximum absolute atomic E-state index is 13.2. The fraction of sp³-hybridized carbons (Fsp3) is 0.350. The first kappa shape index (κ1) is 20.4. The zero-order valence-electron chi connectivity index (χ0n) is 16.2. The van der Waals surface area contributed by atoms with E-state index in [0.717, 1.165) is 33.6 Å². The lowest BCUT2D eigenvalue weighted by molar-refractivity contribution is 0.0938. The van der Waals surface area contributed by atoms with Gasteiger partial charge in [-0.25, -0.2) is 4.98 Å². The Morgan fingerprint density at radius 2 is 2.17 bits per heavy atom. The fourth-order valence-corrected chi connectivity index (χ4v) is 5.82. The van der Waals surface area contributed by atoms with Gasteiger partial charge in [-0.05, 0) is 42.7 Å². The van der Waals surface area contributed by atoms with Crippen LogP contribution in [-0.2, 0) is 11.3 Å². The van der Waals surface area contributed by atoms with Crippen LogP contribution in [-0.4, -0.2) is 35.8 Å². The first-order chi connectivity index (χ1) is 14.0. The number of methoxy groups -OCH3 is 2. The molecule has 3 aromatic rings. The highest BCUT2D eigenvalue weighted by Gasteiger charge is 2.26. The minimum atomic E-state index is -0.122. The van der Waals surface area contributed by atoms with Crippen molar-refractivity contribution in [3.05, 3.63) is 45.1 Å². The van der Waals surface area contributed by atoms with Gasteiger partial charge in [0, 0.05) is 22.8 Å². The molecule has 1 amide bonds. The summed E-state index contributed by atoms with van der Waals surface area (Å²) >= 11 is 9.32. The molecule has 152 valence electrons. The van der Waals surface area contributed by atoms with Crippen molar-refractivity contribution < 1.29 is 14.3 Å². The molecule has 1 atom stereocenters. The standard InChI is InChI=1S/C20H20ClN3O3S2/c1-10-16-19(27-3)23-15(9-26-2)24-20(16)29-17(10)18(25)22-13-6-7-28-14-5-4-11(21)8-12(13)14/h4-5,8,13H,6-7,9H2,1-3H3,(H,22,25)/t13-/m1/s1. The van der Waals surface area contributed by atoms with Gasteiger partial charge in [0.05, 0.1) is 23.4 Å². The van der Waals surface area contributed by atoms with E-state index < -0.39 is 0 Å². The lowest BCUT2D eigenvalue weighted by atomic mass is 10.0. The Morgan fingerprint density at radius 1 is 1.34 bits per heavy atom. The van der Waals surface area contributed by atoms with Crippen molar-refractivity contribution >= 4 is 50.8 Å². The third-order valence-corrected chi connectivity index (χ3v) is 7.34. The highest BCUT2D eigenvalue weighted by atomic mass is 35.5. The molecule has 1 aromatic carbocycles. The summed E-state index contributed by atoms with van der Waals surface area (Å²) in [6.45, 7) is 2.18. The smallest absolute Gasteiger partial charge is 0.262 e. The van der Waals surface area contributed by atoms with Crippen LogP contribution in [0, 0.1) is 6.92 Å². The van der Waals surface area contributed by atoms with Crippen molar-refractivity contribution in [1.29, 1.82) is 0 Å². The molecular formula is C20H20ClN3O3S2. The van der Waals surface area contributed by atoms with Crippen molar-refractivity contribution in [2.24, 2.45) is 0 Å². The Bertz CT molecular complexity index is 1090. The van der Waals surface area contributed by atoms with E-state index in [0.29, 0.717) is 26.4 Å². The summed E-state index contributed by atoms with van der Waals surface area (Å²) in [5, 5.41) is 4.63. The number of nitrogens with zero attached hydrogens (tertiary/aromatic N) is 2. The average Bonchev–Trinajstić information content (AvgIpc) is 3.05. The third-order valence-electron chi connectivity index (χ3n) is 4.79. The fourth-order valence-electron chi connectivity index (χ4n) is 3.44. The molecule has 2 aromatic heterocycles. The van der Waals surface area contributed by atoms with E-state index in [2.05, 4.69) is 15.3 Å². The number of amides is 1. The number of aryl methyl sites for hydroxylation is 1. The van der Waals surface area contributed by atoms with E-state index in [1.165, 1.54) is 11.3 Å². The molecule has 9 heteroatoms. The molecule has 0 saturated carbocycles. The van der Waals surface area contributed by atoms with E-state index in [1.807, 2.05) is 25.1 Å². The highest BCUT2D eigenvalue weighted by Crippen LogP contribution is 2.39. The molecule has 0 aliphatic carbocycles. The molecule has 0 saturated heterocycles. The molecular weight excluding hydrogens is 430 g/mol. The van der Waals surface area contributed by atoms with Gasteiger partial charge in [-0.3, -0.25) is 4.79 Å². The van der Waals surface area contributed by atoms with Crippen molar-refractivity contribution in [3.63, 3.8) is 0 Å². The molecule has 0 unspecified atom stereocenters. The third kappa shape index (κ3) is 3.94. The number of ether oxygens (including phenoxy) is 2. The van der Waals surface area contributed by atoms with Gasteiger partial charge in [-0.15, -0.1) is 23.1 Å². The van der Waals surface area contributed by atoms with Crippen LogP contribution in [0.1, 0.15) is 39.1 Å². The van der Waals surface area contributed by atoms with Crippen LogP contribution in [0.5, 0.6) is 5.88 Å². The van der Waals surface area contributed by atoms with Crippen LogP contribution in [0.3, 0.4) is 0 Å². The molecule has 3 heterocycles. The van der Waals surface area contributed by atoms with Gasteiger partial charge in [0.25, 0.3) is 5.91 Å². The van der Waals surface area contributed by atoms with Gasteiger partial charge >= 0.3 is 0 Å². The number of hydrogen-bond donors (Lipinski definition) is 1. The van der Waals surface area contributed by atoms with Gasteiger partial charge in [0.2, 0.25) is 5.88 Å². The van der Waals surface area contributed by atoms with E-state index in [9.17, 15) is 4.79 Å². The molecule has 0 spiro atoms. The number of carbonyl (C=O) groups excluding carboxylic acids is 1. The lowest BCUT2D eigenvalue weighted by Gasteiger charge is -2.26. The van der Waals surface area contributed by atoms with Crippen molar-refractivity contribution in [2.45, 2.75) is 30.9 Å². The van der Waals surface area contributed by atoms with Gasteiger partial charge < -0.3 is 14.8 Å². The number of aromatic nitrogens is 2. The highest BCUT2D eigenvalue weighted by molar-refractivity contribution is 7.99. The number of fused-ring (bicyclic) bond motifs is 2. The monoisotopic (exact) mass is 449 g/mol. The Labute approximate surface area is 182 Å². The average molecular weight is 450 g/mol. The first-order valence-electron chi connectivity index (χ1n) is 9.08. The Morgan fingerprint density at radius 3 is 2.93 bits per heavy atom. The molecule has 1 N–H and O–H groups in total. The SMILES string of the molecule is COCc1nc(OC)c2c(C)c(C(=O)N[C@@H]3CCSc4ccc(Cl)cc43)sc2n1. The summed E-state index contributed by atoms with van der Waals surface area (Å²) in [7, 11) is 3.15. The number of carbonyl (C=O) groups is 1. The van der Waals surface area contributed by atoms with Crippen LogP contribution < -0.4 is 10.1 Å². The number of hydrogen-bond acceptors (Lipinski definition) is 7. The number of halogens is 1. The Balaban J connectivity index is 1.68. The largest absolute Gasteiger partial charge is 0.480 e. The second kappa shape index (κ2) is 8.47. The number of thioether (sulfide) groups is 1. The van der Waals surface area contributed by atoms with Crippen molar-refractivity contribution in [3.8, 4) is 5.88 Å². The summed E-state index contributed by atoms with van der Waals surface area (Å²) in [4.78, 5) is 24.6. The molecule has 4 rings (SSSR count). The summed E-state index contributed by atoms with van der Waals surface area (Å²) in [6, 6.07) is 5.77. The second-order valence-corrected chi connectivity index (χ2v) is 9.24. The molecule has 1 aliphatic rings. The van der Waals surface area contributed by atoms with E-state index in [4.69, 9.17) is 21.1 Å². The van der Waals surface area contributed by atoms with Gasteiger partial charge in [-0.1, -0.05) is 11.6 Å². The van der Waals surface area contributed by atoms with Crippen LogP contribution in [0.15, 0.2) is 23.1 Å². The first-order valence-corrected chi connectivity index (χ1v) is 11.3. The van der Waals surface area contributed by atoms with Gasteiger partial charge in [-0.2, -0.15) is 4.98 Å². The number of thiophene rings is 1. The minimum absolute atomic E-state index is 0.0703. The predicted octanol–water partition coefficient (Wildman–Crippen LogP) is 4.78. The lowest BCUT2D eigenvalue weighted by Crippen LogP contribution is -2.30. The zero-order valence-corrected chi connectivity index (χ0v) is 18.6. The minimum Gasteiger partial charge on any atom is -0.480 e. The number of rotatable bonds is 5. The summed E-state index contributed by atoms with van der Waals surface area (Å²) < 4.78 is 10.6. The topological polar surface area (TPSA) is 73.3 Å². The Hall–Kier alpha value is -1.87. The van der Waals surface area contributed by atoms with Crippen molar-refractivity contribution in [2.75, 3.05) is 20.0 Å². The van der Waals surface area contributed by atoms with E-state index in [1.54, 1.807) is 26.0 Å².